The molecule has 0 spiro atoms. The van der Waals surface area contributed by atoms with Crippen molar-refractivity contribution in [2.24, 2.45) is 0 Å². The number of rotatable bonds is 0. The summed E-state index contributed by atoms with van der Waals surface area (Å²) < 4.78 is 0. The van der Waals surface area contributed by atoms with Gasteiger partial charge in [0.1, 0.15) is 93.4 Å². The number of nitriles is 8. The number of aromatic nitrogens is 16. The van der Waals surface area contributed by atoms with Gasteiger partial charge < -0.3 is 9.97 Å². The first-order valence-electron chi connectivity index (χ1n) is 15.0. The number of aromatic amines is 2. The Hall–Kier alpha value is -10.4. The minimum Gasteiger partial charge on any atom is -0.321 e. The van der Waals surface area contributed by atoms with Gasteiger partial charge in [-0.15, -0.1) is 0 Å². The molecule has 8 bridgehead atoms. The van der Waals surface area contributed by atoms with Crippen LogP contribution in [0.4, 0.5) is 0 Å². The van der Waals surface area contributed by atoms with Gasteiger partial charge in [-0.2, -0.15) is 42.1 Å². The van der Waals surface area contributed by atoms with Crippen LogP contribution >= 0.6 is 0 Å². The maximum atomic E-state index is 9.77. The van der Waals surface area contributed by atoms with E-state index in [0.717, 1.165) is 0 Å². The van der Waals surface area contributed by atoms with Crippen LogP contribution in [0.3, 0.4) is 0 Å². The maximum Gasteiger partial charge on any atom is 0.184 e. The fraction of sp³-hybridized carbons (Fsp3) is 0. The van der Waals surface area contributed by atoms with Crippen LogP contribution in [0.15, 0.2) is 0 Å². The summed E-state index contributed by atoms with van der Waals surface area (Å²) in [6.07, 6.45) is 0. The number of hydrogen-bond acceptors (Lipinski definition) is 22. The molecule has 250 valence electrons. The molecule has 9 heterocycles. The molecule has 7 aromatic heterocycles. The monoisotopic (exact) mass is 722 g/mol. The van der Waals surface area contributed by atoms with Gasteiger partial charge in [-0.1, -0.05) is 0 Å². The third-order valence-corrected chi connectivity index (χ3v) is 7.94. The van der Waals surface area contributed by atoms with Crippen molar-refractivity contribution in [1.82, 2.24) is 79.7 Å². The van der Waals surface area contributed by atoms with E-state index in [1.807, 2.05) is 24.3 Å². The van der Waals surface area contributed by atoms with E-state index < -0.39 is 0 Å². The number of hydrogen-bond donors (Lipinski definition) is 2. The normalized spacial score (nSPS) is 10.7. The number of H-pyrrole nitrogens is 2. The van der Waals surface area contributed by atoms with Gasteiger partial charge in [0.25, 0.3) is 0 Å². The van der Waals surface area contributed by atoms with E-state index >= 15 is 0 Å². The van der Waals surface area contributed by atoms with Crippen LogP contribution in [0.2, 0.25) is 0 Å². The zero-order chi connectivity index (χ0) is 38.8. The van der Waals surface area contributed by atoms with Gasteiger partial charge in [-0.05, 0) is 0 Å². The zero-order valence-electron chi connectivity index (χ0n) is 26.8. The summed E-state index contributed by atoms with van der Waals surface area (Å²) in [4.78, 5) is 67.4. The molecule has 0 aromatic carbocycles. The molecule has 7 aromatic rings. The molecular weight excluding hydrogens is 721 g/mol. The van der Waals surface area contributed by atoms with E-state index in [1.54, 1.807) is 24.3 Å². The Morgan fingerprint density at radius 1 is 0.250 bits per heavy atom. The molecule has 0 saturated carbocycles. The van der Waals surface area contributed by atoms with Crippen LogP contribution in [0.25, 0.3) is 90.7 Å². The van der Waals surface area contributed by atoms with Gasteiger partial charge in [-0.25, -0.2) is 69.8 Å². The Balaban J connectivity index is 1.54. The van der Waals surface area contributed by atoms with E-state index in [2.05, 4.69) is 79.7 Å². The van der Waals surface area contributed by atoms with Gasteiger partial charge in [0.15, 0.2) is 91.4 Å². The molecule has 24 nitrogen and oxygen atoms in total. The molecule has 0 radical (unpaired) electrons. The Morgan fingerprint density at radius 2 is 0.446 bits per heavy atom. The fourth-order valence-electron chi connectivity index (χ4n) is 5.58. The molecule has 0 aliphatic carbocycles. The molecule has 2 aliphatic heterocycles. The van der Waals surface area contributed by atoms with Crippen LogP contribution in [-0.2, 0) is 0 Å². The first-order valence-corrected chi connectivity index (χ1v) is 15.0. The second-order valence-corrected chi connectivity index (χ2v) is 11.0. The molecular formula is C32H2N24. The second kappa shape index (κ2) is 11.6. The van der Waals surface area contributed by atoms with Crippen LogP contribution in [0, 0.1) is 90.6 Å². The standard InChI is InChI=1S/C32H2N24/c33-1-9-10(2-34)42-18-17(41-9)25-49-26(18)54-28-21-22(46-14(6-38)13(5-37)45-21)30(51-28)56-32-24-23(47-15(7-39)16(8-40)48-24)31(52-32)55-29-20-19(27(50-29)53-25)43-11(3-35)12(4-36)44-20/h(H2,49,50,51,52,53,54,55,56). The maximum absolute atomic E-state index is 9.77. The lowest BCUT2D eigenvalue weighted by Crippen LogP contribution is -1.99. The van der Waals surface area contributed by atoms with Crippen molar-refractivity contribution in [2.75, 3.05) is 0 Å². The molecule has 0 fully saturated rings. The van der Waals surface area contributed by atoms with Crippen LogP contribution < -0.4 is 0 Å². The van der Waals surface area contributed by atoms with Crippen molar-refractivity contribution < 1.29 is 0 Å². The van der Waals surface area contributed by atoms with Crippen molar-refractivity contribution in [3.8, 4) is 94.6 Å². The van der Waals surface area contributed by atoms with Gasteiger partial charge in [0.2, 0.25) is 0 Å². The Morgan fingerprint density at radius 3 is 0.643 bits per heavy atom. The molecule has 56 heavy (non-hydrogen) atoms. The zero-order valence-corrected chi connectivity index (χ0v) is 26.8. The van der Waals surface area contributed by atoms with Crippen LogP contribution in [-0.4, -0.2) is 79.7 Å². The van der Waals surface area contributed by atoms with E-state index in [4.69, 9.17) is 0 Å². The quantitative estimate of drug-likeness (QED) is 0.220. The molecule has 2 aliphatic rings. The lowest BCUT2D eigenvalue weighted by Gasteiger charge is -1.99. The first kappa shape index (κ1) is 31.6. The van der Waals surface area contributed by atoms with Gasteiger partial charge >= 0.3 is 0 Å². The van der Waals surface area contributed by atoms with E-state index in [1.165, 1.54) is 0 Å². The smallest absolute Gasteiger partial charge is 0.184 e. The highest BCUT2D eigenvalue weighted by molar-refractivity contribution is 6.01. The fourth-order valence-corrected chi connectivity index (χ4v) is 5.58. The summed E-state index contributed by atoms with van der Waals surface area (Å²) in [7, 11) is 0. The van der Waals surface area contributed by atoms with Crippen LogP contribution in [0.5, 0.6) is 0 Å². The van der Waals surface area contributed by atoms with Gasteiger partial charge in [0, 0.05) is 0 Å². The highest BCUT2D eigenvalue weighted by Gasteiger charge is 2.29. The number of fused-ring (bicyclic) bond motifs is 20. The SMILES string of the molecule is N#Cc1nc2c(nc1C#N)-c1nc-2nc2[nH]c(nc3nc(nc4[nH]c(n1)c1nc(C#N)c(C#N)nc41)-c1nc(C#N)c(C#N)nc1-3)c1nc(C#N)c(C#N)nc21. The Kier molecular flexibility index (Phi) is 6.52. The molecule has 0 unspecified atom stereocenters. The van der Waals surface area contributed by atoms with Crippen molar-refractivity contribution in [2.45, 2.75) is 0 Å². The third-order valence-electron chi connectivity index (χ3n) is 7.94. The van der Waals surface area contributed by atoms with Crippen LogP contribution in [0.1, 0.15) is 45.6 Å². The summed E-state index contributed by atoms with van der Waals surface area (Å²) in [5.74, 6) is -0.879. The summed E-state index contributed by atoms with van der Waals surface area (Å²) in [6.45, 7) is 0. The van der Waals surface area contributed by atoms with E-state index in [-0.39, 0.29) is 136 Å². The minimum absolute atomic E-state index is 0.0797. The largest absolute Gasteiger partial charge is 0.321 e. The highest BCUT2D eigenvalue weighted by Crippen LogP contribution is 2.35. The van der Waals surface area contributed by atoms with Crippen molar-refractivity contribution >= 4 is 44.7 Å². The average molecular weight is 723 g/mol. The van der Waals surface area contributed by atoms with Crippen molar-refractivity contribution in [3.05, 3.63) is 45.6 Å². The molecule has 0 amide bonds. The Bertz CT molecular complexity index is 3130. The average Bonchev–Trinajstić information content (AvgIpc) is 3.95. The lowest BCUT2D eigenvalue weighted by molar-refractivity contribution is 1.13. The van der Waals surface area contributed by atoms with E-state index in [9.17, 15) is 42.1 Å². The number of nitrogens with one attached hydrogen (secondary N) is 2. The number of nitrogens with zero attached hydrogens (tertiary/aromatic N) is 22. The Labute approximate surface area is 306 Å². The first-order chi connectivity index (χ1) is 27.3. The lowest BCUT2D eigenvalue weighted by atomic mass is 10.2. The summed E-state index contributed by atoms with van der Waals surface area (Å²) in [6, 6.07) is 14.5. The third kappa shape index (κ3) is 4.43. The predicted octanol–water partition coefficient (Wildman–Crippen LogP) is 1.00. The van der Waals surface area contributed by atoms with Gasteiger partial charge in [-0.3, -0.25) is 0 Å². The summed E-state index contributed by atoms with van der Waals surface area (Å²) in [5, 5.41) is 78.1. The summed E-state index contributed by atoms with van der Waals surface area (Å²) in [5.41, 5.74) is -4.14. The van der Waals surface area contributed by atoms with Crippen molar-refractivity contribution in [3.63, 3.8) is 0 Å². The minimum atomic E-state index is -0.361. The molecule has 24 heteroatoms. The van der Waals surface area contributed by atoms with Crippen molar-refractivity contribution in [1.29, 1.82) is 42.1 Å². The highest BCUT2D eigenvalue weighted by atomic mass is 15.1. The molecule has 2 N–H and O–H groups in total. The topological polar surface area (TPSA) is 402 Å². The predicted molar refractivity (Wildman–Crippen MR) is 176 cm³/mol. The van der Waals surface area contributed by atoms with E-state index in [0.29, 0.717) is 0 Å². The molecule has 9 rings (SSSR count). The van der Waals surface area contributed by atoms with Gasteiger partial charge in [0.05, 0.1) is 0 Å². The summed E-state index contributed by atoms with van der Waals surface area (Å²) >= 11 is 0. The second-order valence-electron chi connectivity index (χ2n) is 11.0. The molecule has 0 saturated heterocycles. The molecule has 0 atom stereocenters.